The van der Waals surface area contributed by atoms with Crippen molar-refractivity contribution in [2.45, 2.75) is 6.92 Å². The molecule has 0 atom stereocenters. The van der Waals surface area contributed by atoms with Gasteiger partial charge in [-0.15, -0.1) is 0 Å². The van der Waals surface area contributed by atoms with Crippen LogP contribution in [-0.4, -0.2) is 55.0 Å². The van der Waals surface area contributed by atoms with E-state index in [1.807, 2.05) is 0 Å². The van der Waals surface area contributed by atoms with Crippen molar-refractivity contribution in [1.82, 2.24) is 9.88 Å². The number of hydrogen-bond acceptors (Lipinski definition) is 6. The minimum Gasteiger partial charge on any atom is -0.468 e. The first-order valence-electron chi connectivity index (χ1n) is 5.84. The summed E-state index contributed by atoms with van der Waals surface area (Å²) in [5, 5.41) is 0. The average molecular weight is 280 g/mol. The molecular formula is C13H16N2O5. The Balaban J connectivity index is 2.97. The maximum Gasteiger partial charge on any atom is 0.325 e. The fraction of sp³-hybridized carbons (Fsp3) is 0.385. The van der Waals surface area contributed by atoms with Crippen LogP contribution in [0.15, 0.2) is 18.3 Å². The molecule has 0 radical (unpaired) electrons. The Bertz CT molecular complexity index is 497. The number of methoxy groups -OCH3 is 2. The highest BCUT2D eigenvalue weighted by Gasteiger charge is 2.23. The summed E-state index contributed by atoms with van der Waals surface area (Å²) in [7, 11) is 2.41. The van der Waals surface area contributed by atoms with Crippen LogP contribution in [0, 0.1) is 6.92 Å². The maximum atomic E-state index is 12.3. The summed E-state index contributed by atoms with van der Waals surface area (Å²) in [5.41, 5.74) is 0.831. The van der Waals surface area contributed by atoms with Gasteiger partial charge in [0.15, 0.2) is 0 Å². The molecule has 0 aliphatic rings. The van der Waals surface area contributed by atoms with Gasteiger partial charge in [0.1, 0.15) is 13.1 Å². The first-order valence-corrected chi connectivity index (χ1v) is 5.84. The number of hydrogen-bond donors (Lipinski definition) is 0. The van der Waals surface area contributed by atoms with Gasteiger partial charge < -0.3 is 14.4 Å². The topological polar surface area (TPSA) is 85.8 Å². The predicted octanol–water partition coefficient (Wildman–Crippen LogP) is 0.178. The fourth-order valence-electron chi connectivity index (χ4n) is 1.52. The molecule has 0 unspecified atom stereocenters. The van der Waals surface area contributed by atoms with Gasteiger partial charge in [-0.2, -0.15) is 0 Å². The van der Waals surface area contributed by atoms with E-state index in [1.54, 1.807) is 25.3 Å². The normalized spacial score (nSPS) is 9.75. The molecule has 1 amide bonds. The van der Waals surface area contributed by atoms with E-state index in [0.29, 0.717) is 11.3 Å². The number of aromatic nitrogens is 1. The Morgan fingerprint density at radius 2 is 1.70 bits per heavy atom. The van der Waals surface area contributed by atoms with Gasteiger partial charge in [0.2, 0.25) is 0 Å². The molecule has 108 valence electrons. The van der Waals surface area contributed by atoms with E-state index in [9.17, 15) is 14.4 Å². The van der Waals surface area contributed by atoms with Crippen molar-refractivity contribution >= 4 is 17.8 Å². The van der Waals surface area contributed by atoms with Crippen molar-refractivity contribution in [2.75, 3.05) is 27.3 Å². The van der Waals surface area contributed by atoms with Crippen molar-refractivity contribution in [3.8, 4) is 0 Å². The lowest BCUT2D eigenvalue weighted by atomic mass is 10.2. The van der Waals surface area contributed by atoms with E-state index in [1.165, 1.54) is 14.2 Å². The molecule has 1 aromatic rings. The van der Waals surface area contributed by atoms with E-state index in [2.05, 4.69) is 14.5 Å². The first-order chi connectivity index (χ1) is 9.49. The number of amides is 1. The van der Waals surface area contributed by atoms with Crippen LogP contribution in [0.2, 0.25) is 0 Å². The molecule has 0 bridgehead atoms. The molecule has 0 saturated heterocycles. The van der Waals surface area contributed by atoms with Crippen molar-refractivity contribution < 1.29 is 23.9 Å². The van der Waals surface area contributed by atoms with Crippen LogP contribution in [0.5, 0.6) is 0 Å². The third-order valence-corrected chi connectivity index (χ3v) is 2.62. The van der Waals surface area contributed by atoms with E-state index < -0.39 is 17.8 Å². The summed E-state index contributed by atoms with van der Waals surface area (Å²) < 4.78 is 9.02. The number of ether oxygens (including phenoxy) is 2. The second-order valence-electron chi connectivity index (χ2n) is 3.95. The molecule has 0 saturated carbocycles. The number of carbonyl (C=O) groups excluding carboxylic acids is 3. The van der Waals surface area contributed by atoms with Gasteiger partial charge in [0, 0.05) is 11.9 Å². The standard InChI is InChI=1S/C13H16N2O5/c1-9-10(5-4-6-14-9)13(18)15(7-11(16)19-2)8-12(17)20-3/h4-6H,7-8H2,1-3H3. The molecule has 0 N–H and O–H groups in total. The lowest BCUT2D eigenvalue weighted by molar-refractivity contribution is -0.144. The summed E-state index contributed by atoms with van der Waals surface area (Å²) in [4.78, 5) is 40.1. The Morgan fingerprint density at radius 1 is 1.15 bits per heavy atom. The van der Waals surface area contributed by atoms with Gasteiger partial charge in [-0.3, -0.25) is 19.4 Å². The largest absolute Gasteiger partial charge is 0.468 e. The highest BCUT2D eigenvalue weighted by atomic mass is 16.5. The molecule has 20 heavy (non-hydrogen) atoms. The second kappa shape index (κ2) is 7.22. The summed E-state index contributed by atoms with van der Waals surface area (Å²) in [6, 6.07) is 3.18. The van der Waals surface area contributed by atoms with Crippen LogP contribution < -0.4 is 0 Å². The number of pyridine rings is 1. The van der Waals surface area contributed by atoms with Crippen LogP contribution >= 0.6 is 0 Å². The SMILES string of the molecule is COC(=O)CN(CC(=O)OC)C(=O)c1cccnc1C. The molecule has 0 aliphatic carbocycles. The van der Waals surface area contributed by atoms with E-state index in [-0.39, 0.29) is 13.1 Å². The predicted molar refractivity (Wildman–Crippen MR) is 68.9 cm³/mol. The van der Waals surface area contributed by atoms with E-state index in [4.69, 9.17) is 0 Å². The molecule has 1 heterocycles. The molecule has 7 heteroatoms. The molecule has 0 aromatic carbocycles. The average Bonchev–Trinajstić information content (AvgIpc) is 2.45. The quantitative estimate of drug-likeness (QED) is 0.715. The van der Waals surface area contributed by atoms with Crippen LogP contribution in [0.25, 0.3) is 0 Å². The number of aryl methyl sites for hydroxylation is 1. The summed E-state index contributed by atoms with van der Waals surface area (Å²) in [6.07, 6.45) is 1.55. The van der Waals surface area contributed by atoms with Gasteiger partial charge in [0.05, 0.1) is 19.8 Å². The molecular weight excluding hydrogens is 264 g/mol. The zero-order valence-corrected chi connectivity index (χ0v) is 11.6. The lowest BCUT2D eigenvalue weighted by Crippen LogP contribution is -2.40. The summed E-state index contributed by atoms with van der Waals surface area (Å²) >= 11 is 0. The summed E-state index contributed by atoms with van der Waals surface area (Å²) in [6.45, 7) is 0.999. The second-order valence-corrected chi connectivity index (χ2v) is 3.95. The Morgan fingerprint density at radius 3 is 2.15 bits per heavy atom. The highest BCUT2D eigenvalue weighted by molar-refractivity contribution is 5.98. The summed E-state index contributed by atoms with van der Waals surface area (Å²) in [5.74, 6) is -1.72. The highest BCUT2D eigenvalue weighted by Crippen LogP contribution is 2.08. The van der Waals surface area contributed by atoms with E-state index in [0.717, 1.165) is 4.90 Å². The van der Waals surface area contributed by atoms with Gasteiger partial charge in [0.25, 0.3) is 5.91 Å². The van der Waals surface area contributed by atoms with Crippen LogP contribution in [0.1, 0.15) is 16.1 Å². The van der Waals surface area contributed by atoms with Crippen LogP contribution in [0.3, 0.4) is 0 Å². The smallest absolute Gasteiger partial charge is 0.325 e. The van der Waals surface area contributed by atoms with Gasteiger partial charge in [-0.25, -0.2) is 0 Å². The zero-order valence-electron chi connectivity index (χ0n) is 11.6. The molecule has 1 rings (SSSR count). The van der Waals surface area contributed by atoms with Crippen molar-refractivity contribution in [3.05, 3.63) is 29.6 Å². The monoisotopic (exact) mass is 280 g/mol. The third-order valence-electron chi connectivity index (χ3n) is 2.62. The molecule has 7 nitrogen and oxygen atoms in total. The van der Waals surface area contributed by atoms with Crippen LogP contribution in [0.4, 0.5) is 0 Å². The molecule has 0 spiro atoms. The van der Waals surface area contributed by atoms with Crippen molar-refractivity contribution in [3.63, 3.8) is 0 Å². The maximum absolute atomic E-state index is 12.3. The molecule has 0 aliphatic heterocycles. The molecule has 0 fully saturated rings. The number of rotatable bonds is 5. The van der Waals surface area contributed by atoms with Gasteiger partial charge in [-0.1, -0.05) is 0 Å². The van der Waals surface area contributed by atoms with Crippen molar-refractivity contribution in [2.24, 2.45) is 0 Å². The Kier molecular flexibility index (Phi) is 5.64. The van der Waals surface area contributed by atoms with Gasteiger partial charge >= 0.3 is 11.9 Å². The fourth-order valence-corrected chi connectivity index (χ4v) is 1.52. The third kappa shape index (κ3) is 4.04. The Labute approximate surface area is 116 Å². The van der Waals surface area contributed by atoms with Crippen molar-refractivity contribution in [1.29, 1.82) is 0 Å². The van der Waals surface area contributed by atoms with Crippen LogP contribution in [-0.2, 0) is 19.1 Å². The number of esters is 2. The van der Waals surface area contributed by atoms with Gasteiger partial charge in [-0.05, 0) is 19.1 Å². The van der Waals surface area contributed by atoms with E-state index >= 15 is 0 Å². The minimum atomic E-state index is -0.621. The minimum absolute atomic E-state index is 0.320. The number of nitrogens with zero attached hydrogens (tertiary/aromatic N) is 2. The Hall–Kier alpha value is -2.44. The lowest BCUT2D eigenvalue weighted by Gasteiger charge is -2.20. The zero-order chi connectivity index (χ0) is 15.1. The first kappa shape index (κ1) is 15.6. The molecule has 1 aromatic heterocycles. The number of carbonyl (C=O) groups is 3.